The third-order valence-electron chi connectivity index (χ3n) is 4.69. The summed E-state index contributed by atoms with van der Waals surface area (Å²) in [6, 6.07) is 11.8. The maximum Gasteiger partial charge on any atom is 0.261 e. The molecule has 138 valence electrons. The molecule has 1 amide bonds. The second-order valence-corrected chi connectivity index (χ2v) is 8.48. The summed E-state index contributed by atoms with van der Waals surface area (Å²) < 4.78 is 27.9. The molecule has 1 saturated heterocycles. The molecule has 1 heterocycles. The van der Waals surface area contributed by atoms with Gasteiger partial charge in [0, 0.05) is 18.7 Å². The number of hydrogen-bond acceptors (Lipinski definition) is 3. The van der Waals surface area contributed by atoms with Crippen LogP contribution < -0.4 is 4.72 Å². The minimum atomic E-state index is -3.69. The SMILES string of the molecule is Cc1ccc(C)c(NS(=O)(=O)c2ccc(C(=O)N3CCCCC3)cc2)c1. The Kier molecular flexibility index (Phi) is 5.32. The first kappa shape index (κ1) is 18.5. The lowest BCUT2D eigenvalue weighted by molar-refractivity contribution is 0.0724. The van der Waals surface area contributed by atoms with Crippen LogP contribution >= 0.6 is 0 Å². The van der Waals surface area contributed by atoms with Gasteiger partial charge in [-0.1, -0.05) is 12.1 Å². The minimum absolute atomic E-state index is 0.0314. The molecule has 0 aliphatic carbocycles. The zero-order chi connectivity index (χ0) is 18.7. The molecule has 1 fully saturated rings. The molecule has 2 aromatic rings. The molecule has 5 nitrogen and oxygen atoms in total. The molecule has 3 rings (SSSR count). The molecule has 1 N–H and O–H groups in total. The molecule has 0 radical (unpaired) electrons. The van der Waals surface area contributed by atoms with Gasteiger partial charge in [-0.2, -0.15) is 0 Å². The van der Waals surface area contributed by atoms with Gasteiger partial charge in [0.25, 0.3) is 15.9 Å². The van der Waals surface area contributed by atoms with Crippen LogP contribution in [0.2, 0.25) is 0 Å². The van der Waals surface area contributed by atoms with Gasteiger partial charge in [0.15, 0.2) is 0 Å². The van der Waals surface area contributed by atoms with E-state index in [2.05, 4.69) is 4.72 Å². The number of sulfonamides is 1. The monoisotopic (exact) mass is 372 g/mol. The highest BCUT2D eigenvalue weighted by molar-refractivity contribution is 7.92. The van der Waals surface area contributed by atoms with Crippen LogP contribution in [0.3, 0.4) is 0 Å². The van der Waals surface area contributed by atoms with Gasteiger partial charge in [-0.05, 0) is 74.6 Å². The molecule has 2 aromatic carbocycles. The Morgan fingerprint density at radius 1 is 0.962 bits per heavy atom. The summed E-state index contributed by atoms with van der Waals surface area (Å²) >= 11 is 0. The van der Waals surface area contributed by atoms with E-state index in [0.717, 1.165) is 43.5 Å². The van der Waals surface area contributed by atoms with Crippen LogP contribution in [0.25, 0.3) is 0 Å². The van der Waals surface area contributed by atoms with Crippen molar-refractivity contribution in [3.63, 3.8) is 0 Å². The van der Waals surface area contributed by atoms with Crippen molar-refractivity contribution >= 4 is 21.6 Å². The number of hydrogen-bond donors (Lipinski definition) is 1. The number of nitrogens with zero attached hydrogens (tertiary/aromatic N) is 1. The maximum absolute atomic E-state index is 12.6. The van der Waals surface area contributed by atoms with Gasteiger partial charge >= 0.3 is 0 Å². The highest BCUT2D eigenvalue weighted by atomic mass is 32.2. The summed E-state index contributed by atoms with van der Waals surface area (Å²) in [6.07, 6.45) is 3.21. The van der Waals surface area contributed by atoms with Gasteiger partial charge in [0.05, 0.1) is 10.6 Å². The maximum atomic E-state index is 12.6. The van der Waals surface area contributed by atoms with Gasteiger partial charge in [-0.25, -0.2) is 8.42 Å². The molecule has 0 saturated carbocycles. The van der Waals surface area contributed by atoms with Gasteiger partial charge in [0.2, 0.25) is 0 Å². The lowest BCUT2D eigenvalue weighted by Crippen LogP contribution is -2.35. The van der Waals surface area contributed by atoms with Crippen molar-refractivity contribution in [3.8, 4) is 0 Å². The summed E-state index contributed by atoms with van der Waals surface area (Å²) in [4.78, 5) is 14.5. The molecular formula is C20H24N2O3S. The first-order valence-electron chi connectivity index (χ1n) is 8.86. The van der Waals surface area contributed by atoms with E-state index < -0.39 is 10.0 Å². The number of piperidine rings is 1. The smallest absolute Gasteiger partial charge is 0.261 e. The van der Waals surface area contributed by atoms with E-state index >= 15 is 0 Å². The van der Waals surface area contributed by atoms with Gasteiger partial charge in [0.1, 0.15) is 0 Å². The normalized spacial score (nSPS) is 14.9. The van der Waals surface area contributed by atoms with Crippen LogP contribution in [-0.4, -0.2) is 32.3 Å². The zero-order valence-electron chi connectivity index (χ0n) is 15.2. The number of anilines is 1. The second-order valence-electron chi connectivity index (χ2n) is 6.80. The van der Waals surface area contributed by atoms with Crippen molar-refractivity contribution in [3.05, 3.63) is 59.2 Å². The Balaban J connectivity index is 1.78. The lowest BCUT2D eigenvalue weighted by Gasteiger charge is -2.26. The molecule has 26 heavy (non-hydrogen) atoms. The highest BCUT2D eigenvalue weighted by Crippen LogP contribution is 2.22. The largest absolute Gasteiger partial charge is 0.339 e. The topological polar surface area (TPSA) is 66.5 Å². The number of carbonyl (C=O) groups is 1. The van der Waals surface area contributed by atoms with Gasteiger partial charge in [-0.15, -0.1) is 0 Å². The first-order chi connectivity index (χ1) is 12.4. The van der Waals surface area contributed by atoms with Crippen LogP contribution in [-0.2, 0) is 10.0 Å². The first-order valence-corrected chi connectivity index (χ1v) is 10.3. The molecule has 1 aliphatic heterocycles. The standard InChI is InChI=1S/C20H24N2O3S/c1-15-6-7-16(2)19(14-15)21-26(24,25)18-10-8-17(9-11-18)20(23)22-12-4-3-5-13-22/h6-11,14,21H,3-5,12-13H2,1-2H3. The molecule has 0 bridgehead atoms. The van der Waals surface area contributed by atoms with Crippen LogP contribution in [0.15, 0.2) is 47.4 Å². The summed E-state index contributed by atoms with van der Waals surface area (Å²) in [5, 5.41) is 0. The quantitative estimate of drug-likeness (QED) is 0.889. The fraction of sp³-hybridized carbons (Fsp3) is 0.350. The fourth-order valence-corrected chi connectivity index (χ4v) is 4.23. The summed E-state index contributed by atoms with van der Waals surface area (Å²) in [5.41, 5.74) is 2.93. The molecule has 0 atom stereocenters. The van der Waals surface area contributed by atoms with Crippen molar-refractivity contribution in [1.82, 2.24) is 4.90 Å². The van der Waals surface area contributed by atoms with E-state index in [4.69, 9.17) is 0 Å². The van der Waals surface area contributed by atoms with Crippen LogP contribution in [0.1, 0.15) is 40.7 Å². The Morgan fingerprint density at radius 3 is 2.27 bits per heavy atom. The van der Waals surface area contributed by atoms with Gasteiger partial charge in [-0.3, -0.25) is 9.52 Å². The van der Waals surface area contributed by atoms with Gasteiger partial charge < -0.3 is 4.90 Å². The second kappa shape index (κ2) is 7.50. The van der Waals surface area contributed by atoms with Crippen LogP contribution in [0.4, 0.5) is 5.69 Å². The number of rotatable bonds is 4. The number of aryl methyl sites for hydroxylation is 2. The minimum Gasteiger partial charge on any atom is -0.339 e. The summed E-state index contributed by atoms with van der Waals surface area (Å²) in [5.74, 6) is -0.0314. The molecule has 6 heteroatoms. The Hall–Kier alpha value is -2.34. The van der Waals surface area contributed by atoms with Crippen molar-refractivity contribution in [2.24, 2.45) is 0 Å². The van der Waals surface area contributed by atoms with E-state index in [1.165, 1.54) is 12.1 Å². The Bertz CT molecular complexity index is 899. The average molecular weight is 372 g/mol. The molecule has 0 spiro atoms. The predicted octanol–water partition coefficient (Wildman–Crippen LogP) is 3.73. The van der Waals surface area contributed by atoms with E-state index in [-0.39, 0.29) is 10.8 Å². The third-order valence-corrected chi connectivity index (χ3v) is 6.07. The summed E-state index contributed by atoms with van der Waals surface area (Å²) in [7, 11) is -3.69. The predicted molar refractivity (Wildman–Crippen MR) is 103 cm³/mol. The highest BCUT2D eigenvalue weighted by Gasteiger charge is 2.20. The molecular weight excluding hydrogens is 348 g/mol. The average Bonchev–Trinajstić information content (AvgIpc) is 2.65. The van der Waals surface area contributed by atoms with Crippen molar-refractivity contribution in [2.45, 2.75) is 38.0 Å². The fourth-order valence-electron chi connectivity index (χ4n) is 3.11. The van der Waals surface area contributed by atoms with E-state index in [0.29, 0.717) is 11.3 Å². The van der Waals surface area contributed by atoms with Crippen molar-refractivity contribution in [1.29, 1.82) is 0 Å². The van der Waals surface area contributed by atoms with Crippen molar-refractivity contribution < 1.29 is 13.2 Å². The van der Waals surface area contributed by atoms with Crippen LogP contribution in [0, 0.1) is 13.8 Å². The number of amides is 1. The van der Waals surface area contributed by atoms with E-state index in [1.54, 1.807) is 18.2 Å². The molecule has 0 aromatic heterocycles. The number of benzene rings is 2. The lowest BCUT2D eigenvalue weighted by atomic mass is 10.1. The van der Waals surface area contributed by atoms with Crippen molar-refractivity contribution in [2.75, 3.05) is 17.8 Å². The van der Waals surface area contributed by atoms with Crippen LogP contribution in [0.5, 0.6) is 0 Å². The number of nitrogens with one attached hydrogen (secondary N) is 1. The Morgan fingerprint density at radius 2 is 1.62 bits per heavy atom. The van der Waals surface area contributed by atoms with E-state index in [1.807, 2.05) is 30.9 Å². The molecule has 0 unspecified atom stereocenters. The number of likely N-dealkylation sites (tertiary alicyclic amines) is 1. The molecule has 1 aliphatic rings. The Labute approximate surface area is 155 Å². The third kappa shape index (κ3) is 4.07. The van der Waals surface area contributed by atoms with E-state index in [9.17, 15) is 13.2 Å². The number of carbonyl (C=O) groups excluding carboxylic acids is 1. The zero-order valence-corrected chi connectivity index (χ0v) is 16.0. The summed E-state index contributed by atoms with van der Waals surface area (Å²) in [6.45, 7) is 5.32.